The van der Waals surface area contributed by atoms with Gasteiger partial charge in [0.25, 0.3) is 0 Å². The Balaban J connectivity index is 1.39. The van der Waals surface area contributed by atoms with E-state index in [-0.39, 0.29) is 38.0 Å². The van der Waals surface area contributed by atoms with Crippen molar-refractivity contribution in [1.82, 2.24) is 10.2 Å². The van der Waals surface area contributed by atoms with Crippen molar-refractivity contribution in [2.24, 2.45) is 17.6 Å². The van der Waals surface area contributed by atoms with Crippen LogP contribution in [0.5, 0.6) is 11.5 Å². The van der Waals surface area contributed by atoms with Gasteiger partial charge in [0, 0.05) is 23.7 Å². The van der Waals surface area contributed by atoms with Gasteiger partial charge in [-0.3, -0.25) is 29.4 Å². The van der Waals surface area contributed by atoms with Crippen molar-refractivity contribution >= 4 is 29.3 Å². The van der Waals surface area contributed by atoms with Crippen LogP contribution in [0, 0.1) is 11.8 Å². The second-order valence-corrected chi connectivity index (χ2v) is 9.02. The molecule has 0 saturated carbocycles. The van der Waals surface area contributed by atoms with E-state index in [4.69, 9.17) is 15.2 Å². The highest BCUT2D eigenvalue weighted by Gasteiger charge is 2.70. The van der Waals surface area contributed by atoms with E-state index < -0.39 is 35.2 Å². The first-order chi connectivity index (χ1) is 16.4. The summed E-state index contributed by atoms with van der Waals surface area (Å²) in [6, 6.07) is 11.8. The lowest BCUT2D eigenvalue weighted by Gasteiger charge is -2.29. The molecule has 0 radical (unpaired) electrons. The maximum atomic E-state index is 13.8. The zero-order valence-electron chi connectivity index (χ0n) is 18.1. The molecule has 4 aliphatic rings. The molecule has 4 heterocycles. The Labute approximate surface area is 194 Å². The summed E-state index contributed by atoms with van der Waals surface area (Å²) in [4.78, 5) is 53.4. The fourth-order valence-electron chi connectivity index (χ4n) is 5.74. The molecule has 10 nitrogen and oxygen atoms in total. The number of benzene rings is 2. The van der Waals surface area contributed by atoms with Crippen LogP contribution >= 0.6 is 0 Å². The average Bonchev–Trinajstić information content (AvgIpc) is 3.54. The number of carbonyl (C=O) groups excluding carboxylic acids is 4. The van der Waals surface area contributed by atoms with E-state index in [2.05, 4.69) is 10.6 Å². The van der Waals surface area contributed by atoms with Crippen molar-refractivity contribution in [1.29, 1.82) is 0 Å². The third-order valence-corrected chi connectivity index (χ3v) is 7.19. The summed E-state index contributed by atoms with van der Waals surface area (Å²) >= 11 is 0. The van der Waals surface area contributed by atoms with Crippen LogP contribution in [-0.4, -0.2) is 41.4 Å². The Kier molecular flexibility index (Phi) is 4.43. The highest BCUT2D eigenvalue weighted by Crippen LogP contribution is 2.53. The van der Waals surface area contributed by atoms with E-state index in [0.717, 1.165) is 0 Å². The van der Waals surface area contributed by atoms with Gasteiger partial charge < -0.3 is 20.5 Å². The molecule has 4 atom stereocenters. The molecule has 34 heavy (non-hydrogen) atoms. The molecule has 174 valence electrons. The number of anilines is 1. The number of hydrogen-bond donors (Lipinski definition) is 3. The van der Waals surface area contributed by atoms with Gasteiger partial charge >= 0.3 is 0 Å². The largest absolute Gasteiger partial charge is 0.454 e. The Morgan fingerprint density at radius 2 is 1.88 bits per heavy atom. The minimum Gasteiger partial charge on any atom is -0.454 e. The predicted octanol–water partition coefficient (Wildman–Crippen LogP) is 0.601. The number of amides is 4. The summed E-state index contributed by atoms with van der Waals surface area (Å²) in [5, 5.41) is 6.14. The van der Waals surface area contributed by atoms with Crippen molar-refractivity contribution in [3.8, 4) is 11.5 Å². The van der Waals surface area contributed by atoms with E-state index in [0.29, 0.717) is 28.3 Å². The maximum Gasteiger partial charge on any atom is 0.250 e. The topological polar surface area (TPSA) is 140 Å². The van der Waals surface area contributed by atoms with Crippen LogP contribution in [-0.2, 0) is 31.3 Å². The quantitative estimate of drug-likeness (QED) is 0.553. The van der Waals surface area contributed by atoms with Gasteiger partial charge in [-0.15, -0.1) is 0 Å². The number of nitrogens with one attached hydrogen (secondary N) is 2. The maximum absolute atomic E-state index is 13.8. The molecular formula is C24H22N4O6. The van der Waals surface area contributed by atoms with Crippen molar-refractivity contribution < 1.29 is 28.7 Å². The van der Waals surface area contributed by atoms with E-state index >= 15 is 0 Å². The number of carbonyl (C=O) groups is 4. The molecule has 10 heteroatoms. The smallest absolute Gasteiger partial charge is 0.250 e. The zero-order valence-corrected chi connectivity index (χ0v) is 18.1. The summed E-state index contributed by atoms with van der Waals surface area (Å²) in [5.74, 6) is -2.25. The first-order valence-corrected chi connectivity index (χ1v) is 11.1. The van der Waals surface area contributed by atoms with Crippen LogP contribution in [0.25, 0.3) is 0 Å². The molecule has 6 rings (SSSR count). The van der Waals surface area contributed by atoms with Gasteiger partial charge in [-0.05, 0) is 30.2 Å². The Morgan fingerprint density at radius 3 is 2.71 bits per heavy atom. The molecule has 4 amide bonds. The van der Waals surface area contributed by atoms with E-state index in [1.165, 1.54) is 4.90 Å². The van der Waals surface area contributed by atoms with E-state index in [1.54, 1.807) is 42.5 Å². The standard InChI is InChI=1S/C24H22N4O6/c25-18(29)8-6-15-19-20(24(27-15)13-3-1-2-4-14(13)26-23(24)32)22(31)28(21(19)30)10-12-5-7-16-17(9-12)34-11-33-16/h1-5,7,9,15,19-20,27H,6,8,10-11H2,(H2,25,29)(H,26,32)/t15-,19+,20+,24+/m0/s1. The number of imide groups is 1. The van der Waals surface area contributed by atoms with Gasteiger partial charge in [0.15, 0.2) is 11.5 Å². The van der Waals surface area contributed by atoms with Gasteiger partial charge in [0.2, 0.25) is 30.4 Å². The Morgan fingerprint density at radius 1 is 1.09 bits per heavy atom. The van der Waals surface area contributed by atoms with Gasteiger partial charge in [-0.1, -0.05) is 24.3 Å². The third-order valence-electron chi connectivity index (χ3n) is 7.19. The number of primary amides is 1. The molecular weight excluding hydrogens is 440 g/mol. The summed E-state index contributed by atoms with van der Waals surface area (Å²) in [6.07, 6.45) is 0.272. The number of fused-ring (bicyclic) bond motifs is 5. The monoisotopic (exact) mass is 462 g/mol. The van der Waals surface area contributed by atoms with E-state index in [9.17, 15) is 19.2 Å². The predicted molar refractivity (Wildman–Crippen MR) is 117 cm³/mol. The number of nitrogens with zero attached hydrogens (tertiary/aromatic N) is 1. The highest BCUT2D eigenvalue weighted by atomic mass is 16.7. The molecule has 0 unspecified atom stereocenters. The fraction of sp³-hybridized carbons (Fsp3) is 0.333. The Hall–Kier alpha value is -3.92. The molecule has 0 aliphatic carbocycles. The van der Waals surface area contributed by atoms with Crippen LogP contribution in [0.15, 0.2) is 42.5 Å². The van der Waals surface area contributed by atoms with E-state index in [1.807, 2.05) is 0 Å². The second-order valence-electron chi connectivity index (χ2n) is 9.02. The van der Waals surface area contributed by atoms with Crippen LogP contribution in [0.3, 0.4) is 0 Å². The van der Waals surface area contributed by atoms with Crippen molar-refractivity contribution in [3.63, 3.8) is 0 Å². The molecule has 2 aromatic carbocycles. The molecule has 1 spiro atoms. The molecule has 4 N–H and O–H groups in total. The third kappa shape index (κ3) is 2.78. The summed E-state index contributed by atoms with van der Waals surface area (Å²) < 4.78 is 10.8. The SMILES string of the molecule is NC(=O)CC[C@@H]1N[C@@]2(C(=O)Nc3ccccc32)[C@H]2C(=O)N(Cc3ccc4c(c3)OCO4)C(=O)[C@H]12. The van der Waals surface area contributed by atoms with Gasteiger partial charge in [0.1, 0.15) is 5.54 Å². The number of likely N-dealkylation sites (tertiary alicyclic amines) is 1. The van der Waals surface area contributed by atoms with Crippen LogP contribution < -0.4 is 25.8 Å². The summed E-state index contributed by atoms with van der Waals surface area (Å²) in [5.41, 5.74) is 5.91. The summed E-state index contributed by atoms with van der Waals surface area (Å²) in [6.45, 7) is 0.165. The fourth-order valence-corrected chi connectivity index (χ4v) is 5.74. The first kappa shape index (κ1) is 20.7. The normalized spacial score (nSPS) is 28.4. The number of para-hydroxylation sites is 1. The number of hydrogen-bond acceptors (Lipinski definition) is 7. The lowest BCUT2D eigenvalue weighted by atomic mass is 9.76. The second kappa shape index (κ2) is 7.29. The number of ether oxygens (including phenoxy) is 2. The van der Waals surface area contributed by atoms with Crippen molar-refractivity contribution in [2.75, 3.05) is 12.1 Å². The first-order valence-electron chi connectivity index (χ1n) is 11.1. The molecule has 2 aromatic rings. The lowest BCUT2D eigenvalue weighted by Crippen LogP contribution is -2.53. The molecule has 4 aliphatic heterocycles. The van der Waals surface area contributed by atoms with Crippen LogP contribution in [0.4, 0.5) is 5.69 Å². The van der Waals surface area contributed by atoms with Crippen molar-refractivity contribution in [3.05, 3.63) is 53.6 Å². The highest BCUT2D eigenvalue weighted by molar-refractivity contribution is 6.15. The van der Waals surface area contributed by atoms with Crippen LogP contribution in [0.2, 0.25) is 0 Å². The lowest BCUT2D eigenvalue weighted by molar-refractivity contribution is -0.143. The molecule has 0 aromatic heterocycles. The molecule has 2 fully saturated rings. The average molecular weight is 462 g/mol. The van der Waals surface area contributed by atoms with Crippen LogP contribution in [0.1, 0.15) is 24.0 Å². The number of nitrogens with two attached hydrogens (primary N) is 1. The zero-order chi connectivity index (χ0) is 23.6. The molecule has 2 saturated heterocycles. The van der Waals surface area contributed by atoms with Gasteiger partial charge in [-0.25, -0.2) is 0 Å². The summed E-state index contributed by atoms with van der Waals surface area (Å²) in [7, 11) is 0. The van der Waals surface area contributed by atoms with Gasteiger partial charge in [-0.2, -0.15) is 0 Å². The minimum absolute atomic E-state index is 0.0316. The molecule has 0 bridgehead atoms. The van der Waals surface area contributed by atoms with Gasteiger partial charge in [0.05, 0.1) is 18.4 Å². The Bertz CT molecular complexity index is 1260. The van der Waals surface area contributed by atoms with Crippen molar-refractivity contribution in [2.45, 2.75) is 31.0 Å². The minimum atomic E-state index is -1.39. The number of rotatable bonds is 5.